The van der Waals surface area contributed by atoms with Gasteiger partial charge < -0.3 is 20.0 Å². The molecule has 2 aliphatic rings. The highest BCUT2D eigenvalue weighted by molar-refractivity contribution is 7.99. The summed E-state index contributed by atoms with van der Waals surface area (Å²) in [4.78, 5) is 35.4. The first-order chi connectivity index (χ1) is 18.5. The summed E-state index contributed by atoms with van der Waals surface area (Å²) in [7, 11) is 0. The maximum atomic E-state index is 13.7. The number of carbonyl (C=O) groups is 2. The molecule has 5 rings (SSSR count). The molecular weight excluding hydrogens is 516 g/mol. The second kappa shape index (κ2) is 12.3. The van der Waals surface area contributed by atoms with Crippen LogP contribution < -0.4 is 10.2 Å². The first-order valence-electron chi connectivity index (χ1n) is 13.2. The van der Waals surface area contributed by atoms with Crippen molar-refractivity contribution in [1.82, 2.24) is 15.1 Å². The molecule has 1 fully saturated rings. The normalized spacial score (nSPS) is 16.1. The van der Waals surface area contributed by atoms with Gasteiger partial charge in [-0.3, -0.25) is 9.59 Å². The van der Waals surface area contributed by atoms with Gasteiger partial charge in [0.2, 0.25) is 0 Å². The van der Waals surface area contributed by atoms with Crippen LogP contribution in [0.1, 0.15) is 39.6 Å². The number of likely N-dealkylation sites (N-methyl/N-ethyl adjacent to an activating group) is 1. The molecule has 1 N–H and O–H groups in total. The van der Waals surface area contributed by atoms with Gasteiger partial charge in [-0.2, -0.15) is 0 Å². The molecular formula is C30H33ClN4O2S. The fourth-order valence-corrected chi connectivity index (χ4v) is 6.24. The molecule has 8 heteroatoms. The molecule has 0 aliphatic carbocycles. The fourth-order valence-electron chi connectivity index (χ4n) is 4.97. The van der Waals surface area contributed by atoms with Crippen LogP contribution in [0, 0.1) is 0 Å². The number of hydrogen-bond acceptors (Lipinski definition) is 5. The van der Waals surface area contributed by atoms with Crippen molar-refractivity contribution < 1.29 is 9.59 Å². The molecule has 2 heterocycles. The third kappa shape index (κ3) is 6.24. The van der Waals surface area contributed by atoms with E-state index < -0.39 is 0 Å². The largest absolute Gasteiger partial charge is 0.352 e. The van der Waals surface area contributed by atoms with E-state index in [2.05, 4.69) is 22.0 Å². The van der Waals surface area contributed by atoms with Crippen LogP contribution in [0.4, 0.5) is 5.69 Å². The number of carbonyl (C=O) groups excluding carboxylic acids is 2. The number of halogens is 1. The monoisotopic (exact) mass is 548 g/mol. The number of hydrogen-bond donors (Lipinski definition) is 1. The second-order valence-electron chi connectivity index (χ2n) is 9.69. The Morgan fingerprint density at radius 2 is 1.74 bits per heavy atom. The highest BCUT2D eigenvalue weighted by Gasteiger charge is 2.28. The van der Waals surface area contributed by atoms with E-state index >= 15 is 0 Å². The Morgan fingerprint density at radius 3 is 2.53 bits per heavy atom. The Hall–Kier alpha value is -2.84. The molecule has 38 heavy (non-hydrogen) atoms. The van der Waals surface area contributed by atoms with Gasteiger partial charge in [0.25, 0.3) is 11.8 Å². The predicted octanol–water partition coefficient (Wildman–Crippen LogP) is 5.41. The number of piperazine rings is 1. The summed E-state index contributed by atoms with van der Waals surface area (Å²) >= 11 is 7.79. The maximum Gasteiger partial charge on any atom is 0.259 e. The van der Waals surface area contributed by atoms with E-state index in [4.69, 9.17) is 11.6 Å². The Morgan fingerprint density at radius 1 is 0.947 bits per heavy atom. The highest BCUT2D eigenvalue weighted by atomic mass is 35.5. The van der Waals surface area contributed by atoms with E-state index in [-0.39, 0.29) is 11.8 Å². The van der Waals surface area contributed by atoms with Crippen molar-refractivity contribution in [2.75, 3.05) is 50.7 Å². The summed E-state index contributed by atoms with van der Waals surface area (Å²) in [6, 6.07) is 20.8. The van der Waals surface area contributed by atoms with Crippen molar-refractivity contribution in [2.45, 2.75) is 29.7 Å². The second-order valence-corrected chi connectivity index (χ2v) is 11.2. The third-order valence-corrected chi connectivity index (χ3v) is 8.55. The average Bonchev–Trinajstić information content (AvgIpc) is 3.05. The van der Waals surface area contributed by atoms with Gasteiger partial charge in [-0.25, -0.2) is 0 Å². The van der Waals surface area contributed by atoms with Crippen molar-refractivity contribution in [2.24, 2.45) is 0 Å². The summed E-state index contributed by atoms with van der Waals surface area (Å²) < 4.78 is 0. The standard InChI is InChI=1S/C30H33ClN4O2S/c1-2-33-15-17-34(18-16-33)14-6-13-32-29(36)23-11-12-28-26(20-23)35(21-22-7-5-8-24(31)19-22)30(37)25-9-3-4-10-27(25)38-28/h3-5,7-12,19-20H,2,6,13-18,21H2,1H3,(H,32,36). The molecule has 198 valence electrons. The molecule has 2 aliphatic heterocycles. The molecule has 0 spiro atoms. The quantitative estimate of drug-likeness (QED) is 0.382. The lowest BCUT2D eigenvalue weighted by atomic mass is 10.1. The van der Waals surface area contributed by atoms with E-state index in [0.717, 1.165) is 66.7 Å². The van der Waals surface area contributed by atoms with Crippen LogP contribution in [-0.2, 0) is 6.54 Å². The zero-order chi connectivity index (χ0) is 26.5. The van der Waals surface area contributed by atoms with Crippen LogP contribution in [0.25, 0.3) is 0 Å². The zero-order valence-corrected chi connectivity index (χ0v) is 23.2. The smallest absolute Gasteiger partial charge is 0.259 e. The number of nitrogens with zero attached hydrogens (tertiary/aromatic N) is 3. The van der Waals surface area contributed by atoms with Gasteiger partial charge in [-0.05, 0) is 67.5 Å². The summed E-state index contributed by atoms with van der Waals surface area (Å²) in [6.07, 6.45) is 0.910. The number of nitrogens with one attached hydrogen (secondary N) is 1. The van der Waals surface area contributed by atoms with Crippen molar-refractivity contribution in [3.63, 3.8) is 0 Å². The van der Waals surface area contributed by atoms with E-state index in [0.29, 0.717) is 29.2 Å². The molecule has 0 atom stereocenters. The van der Waals surface area contributed by atoms with Gasteiger partial charge >= 0.3 is 0 Å². The molecule has 1 saturated heterocycles. The molecule has 3 aromatic rings. The minimum atomic E-state index is -0.120. The van der Waals surface area contributed by atoms with Crippen molar-refractivity contribution in [3.05, 3.63) is 88.4 Å². The average molecular weight is 549 g/mol. The Bertz CT molecular complexity index is 1310. The highest BCUT2D eigenvalue weighted by Crippen LogP contribution is 2.42. The number of rotatable bonds is 8. The lowest BCUT2D eigenvalue weighted by molar-refractivity contribution is 0.0945. The van der Waals surface area contributed by atoms with Gasteiger partial charge in [0.15, 0.2) is 0 Å². The van der Waals surface area contributed by atoms with E-state index in [9.17, 15) is 9.59 Å². The lowest BCUT2D eigenvalue weighted by Crippen LogP contribution is -2.46. The summed E-state index contributed by atoms with van der Waals surface area (Å²) in [5, 5.41) is 3.70. The molecule has 0 aromatic heterocycles. The molecule has 0 saturated carbocycles. The molecule has 0 unspecified atom stereocenters. The molecule has 3 aromatic carbocycles. The van der Waals surface area contributed by atoms with Gasteiger partial charge in [0, 0.05) is 53.1 Å². The van der Waals surface area contributed by atoms with Crippen LogP contribution in [-0.4, -0.2) is 67.4 Å². The molecule has 2 amide bonds. The lowest BCUT2D eigenvalue weighted by Gasteiger charge is -2.33. The van der Waals surface area contributed by atoms with Gasteiger partial charge in [-0.1, -0.05) is 54.6 Å². The van der Waals surface area contributed by atoms with Crippen molar-refractivity contribution in [3.8, 4) is 0 Å². The first kappa shape index (κ1) is 26.8. The van der Waals surface area contributed by atoms with Crippen molar-refractivity contribution in [1.29, 1.82) is 0 Å². The summed E-state index contributed by atoms with van der Waals surface area (Å²) in [5.41, 5.74) is 2.87. The maximum absolute atomic E-state index is 13.7. The van der Waals surface area contributed by atoms with Gasteiger partial charge in [0.05, 0.1) is 17.8 Å². The van der Waals surface area contributed by atoms with Crippen LogP contribution in [0.2, 0.25) is 5.02 Å². The predicted molar refractivity (Wildman–Crippen MR) is 154 cm³/mol. The Kier molecular flexibility index (Phi) is 8.69. The molecule has 6 nitrogen and oxygen atoms in total. The topological polar surface area (TPSA) is 55.9 Å². The number of anilines is 1. The minimum absolute atomic E-state index is 0.0902. The van der Waals surface area contributed by atoms with Crippen LogP contribution in [0.5, 0.6) is 0 Å². The fraction of sp³-hybridized carbons (Fsp3) is 0.333. The first-order valence-corrected chi connectivity index (χ1v) is 14.4. The van der Waals surface area contributed by atoms with Crippen LogP contribution >= 0.6 is 23.4 Å². The van der Waals surface area contributed by atoms with Crippen molar-refractivity contribution >= 4 is 40.9 Å². The zero-order valence-electron chi connectivity index (χ0n) is 21.7. The molecule has 0 bridgehead atoms. The van der Waals surface area contributed by atoms with E-state index in [1.54, 1.807) is 16.7 Å². The molecule has 0 radical (unpaired) electrons. The number of fused-ring (bicyclic) bond motifs is 2. The summed E-state index contributed by atoms with van der Waals surface area (Å²) in [6.45, 7) is 9.68. The SMILES string of the molecule is CCN1CCN(CCCNC(=O)c2ccc3c(c2)N(Cc2cccc(Cl)c2)C(=O)c2ccccc2S3)CC1. The van der Waals surface area contributed by atoms with E-state index in [1.165, 1.54) is 0 Å². The van der Waals surface area contributed by atoms with Crippen LogP contribution in [0.15, 0.2) is 76.5 Å². The van der Waals surface area contributed by atoms with Gasteiger partial charge in [0.1, 0.15) is 0 Å². The van der Waals surface area contributed by atoms with Gasteiger partial charge in [-0.15, -0.1) is 0 Å². The van der Waals surface area contributed by atoms with Crippen LogP contribution in [0.3, 0.4) is 0 Å². The summed E-state index contributed by atoms with van der Waals surface area (Å²) in [5.74, 6) is -0.210. The number of benzene rings is 3. The van der Waals surface area contributed by atoms with E-state index in [1.807, 2.05) is 66.7 Å². The minimum Gasteiger partial charge on any atom is -0.352 e. The third-order valence-electron chi connectivity index (χ3n) is 7.17. The Labute approximate surface area is 233 Å². The number of amides is 2. The Balaban J connectivity index is 1.31.